The molecule has 2 N–H and O–H groups in total. The fourth-order valence-electron chi connectivity index (χ4n) is 2.35. The van der Waals surface area contributed by atoms with Gasteiger partial charge in [-0.05, 0) is 26.8 Å². The van der Waals surface area contributed by atoms with E-state index in [1.807, 2.05) is 5.38 Å². The third-order valence-corrected chi connectivity index (χ3v) is 4.04. The van der Waals surface area contributed by atoms with Crippen LogP contribution in [0.2, 0.25) is 0 Å². The second-order valence-corrected chi connectivity index (χ2v) is 7.50. The Kier molecular flexibility index (Phi) is 5.13. The standard InChI is InChI=1S/C18H20FN3O3S/c1-18(2,3)25-17(23)20-7-11-4-14-15(19)5-13(6-16(14)22-11)24-8-12-9-26-10-21-12/h4-6,9-10,22H,7-8H2,1-3H3,(H,20,23). The normalized spacial score (nSPS) is 11.5. The van der Waals surface area contributed by atoms with Crippen LogP contribution >= 0.6 is 11.3 Å². The Morgan fingerprint density at radius 2 is 2.15 bits per heavy atom. The van der Waals surface area contributed by atoms with Crippen LogP contribution in [-0.2, 0) is 17.9 Å². The van der Waals surface area contributed by atoms with Crippen molar-refractivity contribution in [2.24, 2.45) is 0 Å². The zero-order valence-corrected chi connectivity index (χ0v) is 15.6. The molecule has 0 aliphatic heterocycles. The zero-order valence-electron chi connectivity index (χ0n) is 14.8. The van der Waals surface area contributed by atoms with E-state index in [2.05, 4.69) is 15.3 Å². The quantitative estimate of drug-likeness (QED) is 0.692. The van der Waals surface area contributed by atoms with Crippen LogP contribution in [-0.4, -0.2) is 21.7 Å². The predicted octanol–water partition coefficient (Wildman–Crippen LogP) is 4.37. The minimum atomic E-state index is -0.569. The van der Waals surface area contributed by atoms with Crippen molar-refractivity contribution in [2.45, 2.75) is 39.5 Å². The molecule has 0 saturated heterocycles. The van der Waals surface area contributed by atoms with Crippen molar-refractivity contribution in [3.05, 3.63) is 46.3 Å². The first-order chi connectivity index (χ1) is 12.3. The first-order valence-electron chi connectivity index (χ1n) is 8.08. The van der Waals surface area contributed by atoms with Crippen LogP contribution in [0.25, 0.3) is 10.9 Å². The van der Waals surface area contributed by atoms with Crippen LogP contribution in [0.15, 0.2) is 29.1 Å². The highest BCUT2D eigenvalue weighted by Gasteiger charge is 2.16. The van der Waals surface area contributed by atoms with E-state index in [1.54, 1.807) is 38.4 Å². The van der Waals surface area contributed by atoms with E-state index in [1.165, 1.54) is 17.4 Å². The van der Waals surface area contributed by atoms with Crippen molar-refractivity contribution in [3.63, 3.8) is 0 Å². The SMILES string of the molecule is CC(C)(C)OC(=O)NCc1cc2c(F)cc(OCc3cscn3)cc2[nH]1. The lowest BCUT2D eigenvalue weighted by molar-refractivity contribution is 0.0523. The molecule has 0 aliphatic rings. The lowest BCUT2D eigenvalue weighted by Gasteiger charge is -2.19. The monoisotopic (exact) mass is 377 g/mol. The fourth-order valence-corrected chi connectivity index (χ4v) is 2.90. The number of H-pyrrole nitrogens is 1. The molecule has 0 fully saturated rings. The highest BCUT2D eigenvalue weighted by molar-refractivity contribution is 7.07. The van der Waals surface area contributed by atoms with Gasteiger partial charge in [-0.2, -0.15) is 0 Å². The summed E-state index contributed by atoms with van der Waals surface area (Å²) in [5, 5.41) is 4.96. The molecule has 26 heavy (non-hydrogen) atoms. The summed E-state index contributed by atoms with van der Waals surface area (Å²) in [5.74, 6) is 0.0204. The number of nitrogens with one attached hydrogen (secondary N) is 2. The average molecular weight is 377 g/mol. The third-order valence-electron chi connectivity index (χ3n) is 3.41. The van der Waals surface area contributed by atoms with Gasteiger partial charge < -0.3 is 19.8 Å². The number of halogens is 1. The fraction of sp³-hybridized carbons (Fsp3) is 0.333. The number of hydrogen-bond acceptors (Lipinski definition) is 5. The summed E-state index contributed by atoms with van der Waals surface area (Å²) >= 11 is 1.48. The Bertz CT molecular complexity index is 900. The highest BCUT2D eigenvalue weighted by Crippen LogP contribution is 2.25. The second-order valence-electron chi connectivity index (χ2n) is 6.78. The minimum Gasteiger partial charge on any atom is -0.487 e. The van der Waals surface area contributed by atoms with Crippen molar-refractivity contribution in [1.82, 2.24) is 15.3 Å². The minimum absolute atomic E-state index is 0.206. The maximum absolute atomic E-state index is 14.3. The first-order valence-corrected chi connectivity index (χ1v) is 9.02. The molecule has 1 amide bonds. The lowest BCUT2D eigenvalue weighted by atomic mass is 10.2. The Hall–Kier alpha value is -2.61. The van der Waals surface area contributed by atoms with Gasteiger partial charge in [-0.1, -0.05) is 0 Å². The topological polar surface area (TPSA) is 76.2 Å². The molecular weight excluding hydrogens is 357 g/mol. The van der Waals surface area contributed by atoms with Gasteiger partial charge in [0, 0.05) is 28.6 Å². The summed E-state index contributed by atoms with van der Waals surface area (Å²) in [6.45, 7) is 5.86. The first kappa shape index (κ1) is 18.2. The van der Waals surface area contributed by atoms with Crippen LogP contribution < -0.4 is 10.1 Å². The van der Waals surface area contributed by atoms with Gasteiger partial charge in [-0.25, -0.2) is 14.2 Å². The maximum atomic E-state index is 14.3. The van der Waals surface area contributed by atoms with Gasteiger partial charge in [0.05, 0.1) is 23.3 Å². The number of carbonyl (C=O) groups excluding carboxylic acids is 1. The summed E-state index contributed by atoms with van der Waals surface area (Å²) in [5.41, 5.74) is 3.21. The molecule has 0 bridgehead atoms. The van der Waals surface area contributed by atoms with Gasteiger partial charge in [0.15, 0.2) is 0 Å². The molecule has 3 aromatic rings. The van der Waals surface area contributed by atoms with Crippen molar-refractivity contribution in [3.8, 4) is 5.75 Å². The Morgan fingerprint density at radius 1 is 1.35 bits per heavy atom. The molecule has 2 aromatic heterocycles. The van der Waals surface area contributed by atoms with Crippen molar-refractivity contribution in [2.75, 3.05) is 0 Å². The molecule has 0 aliphatic carbocycles. The van der Waals surface area contributed by atoms with Crippen molar-refractivity contribution >= 4 is 28.3 Å². The summed E-state index contributed by atoms with van der Waals surface area (Å²) in [4.78, 5) is 18.9. The number of nitrogens with zero attached hydrogens (tertiary/aromatic N) is 1. The Morgan fingerprint density at radius 3 is 2.85 bits per heavy atom. The van der Waals surface area contributed by atoms with Crippen LogP contribution in [0.5, 0.6) is 5.75 Å². The molecule has 138 valence electrons. The Balaban J connectivity index is 1.67. The number of ether oxygens (including phenoxy) is 2. The van der Waals surface area contributed by atoms with Crippen LogP contribution in [0.3, 0.4) is 0 Å². The number of carbonyl (C=O) groups is 1. The van der Waals surface area contributed by atoms with Gasteiger partial charge in [-0.15, -0.1) is 11.3 Å². The third kappa shape index (κ3) is 4.72. The van der Waals surface area contributed by atoms with Crippen LogP contribution in [0.4, 0.5) is 9.18 Å². The van der Waals surface area contributed by atoms with E-state index in [0.717, 1.165) is 5.69 Å². The Labute approximate surface area is 154 Å². The van der Waals surface area contributed by atoms with Gasteiger partial charge in [0.1, 0.15) is 23.8 Å². The average Bonchev–Trinajstić information content (AvgIpc) is 3.19. The molecule has 1 aromatic carbocycles. The highest BCUT2D eigenvalue weighted by atomic mass is 32.1. The molecule has 3 rings (SSSR count). The molecule has 0 atom stereocenters. The second kappa shape index (κ2) is 7.33. The summed E-state index contributed by atoms with van der Waals surface area (Å²) < 4.78 is 25.1. The summed E-state index contributed by atoms with van der Waals surface area (Å²) in [7, 11) is 0. The van der Waals surface area contributed by atoms with E-state index in [-0.39, 0.29) is 13.2 Å². The number of thiazole rings is 1. The van der Waals surface area contributed by atoms with Crippen molar-refractivity contribution < 1.29 is 18.7 Å². The van der Waals surface area contributed by atoms with E-state index >= 15 is 0 Å². The number of rotatable bonds is 5. The summed E-state index contributed by atoms with van der Waals surface area (Å²) in [6.07, 6.45) is -0.524. The molecular formula is C18H20FN3O3S. The number of aromatic nitrogens is 2. The van der Waals surface area contributed by atoms with Crippen LogP contribution in [0.1, 0.15) is 32.2 Å². The van der Waals surface area contributed by atoms with E-state index in [4.69, 9.17) is 9.47 Å². The van der Waals surface area contributed by atoms with Gasteiger partial charge in [0.2, 0.25) is 0 Å². The smallest absolute Gasteiger partial charge is 0.407 e. The van der Waals surface area contributed by atoms with Gasteiger partial charge >= 0.3 is 6.09 Å². The number of hydrogen-bond donors (Lipinski definition) is 2. The number of fused-ring (bicyclic) bond motifs is 1. The maximum Gasteiger partial charge on any atom is 0.407 e. The van der Waals surface area contributed by atoms with Crippen LogP contribution in [0, 0.1) is 5.82 Å². The number of benzene rings is 1. The molecule has 0 saturated carbocycles. The van der Waals surface area contributed by atoms with E-state index < -0.39 is 17.5 Å². The lowest BCUT2D eigenvalue weighted by Crippen LogP contribution is -2.32. The largest absolute Gasteiger partial charge is 0.487 e. The molecule has 8 heteroatoms. The molecule has 2 heterocycles. The van der Waals surface area contributed by atoms with Crippen molar-refractivity contribution in [1.29, 1.82) is 0 Å². The van der Waals surface area contributed by atoms with Gasteiger partial charge in [0.25, 0.3) is 0 Å². The summed E-state index contributed by atoms with van der Waals surface area (Å²) in [6, 6.07) is 4.72. The number of amides is 1. The molecule has 0 spiro atoms. The zero-order chi connectivity index (χ0) is 18.7. The van der Waals surface area contributed by atoms with E-state index in [9.17, 15) is 9.18 Å². The molecule has 6 nitrogen and oxygen atoms in total. The van der Waals surface area contributed by atoms with E-state index in [0.29, 0.717) is 22.3 Å². The van der Waals surface area contributed by atoms with Gasteiger partial charge in [-0.3, -0.25) is 0 Å². The predicted molar refractivity (Wildman–Crippen MR) is 97.8 cm³/mol. The number of aromatic amines is 1. The molecule has 0 radical (unpaired) electrons. The number of alkyl carbamates (subject to hydrolysis) is 1. The molecule has 0 unspecified atom stereocenters.